The van der Waals surface area contributed by atoms with Crippen molar-refractivity contribution in [2.75, 3.05) is 24.5 Å². The Morgan fingerprint density at radius 1 is 1.36 bits per heavy atom. The third-order valence-electron chi connectivity index (χ3n) is 4.26. The van der Waals surface area contributed by atoms with E-state index in [1.165, 1.54) is 6.07 Å². The number of hydrogen-bond donors (Lipinski definition) is 1. The number of ether oxygens (including phenoxy) is 1. The van der Waals surface area contributed by atoms with E-state index in [9.17, 15) is 19.7 Å². The van der Waals surface area contributed by atoms with E-state index in [2.05, 4.69) is 5.32 Å². The first-order chi connectivity index (χ1) is 11.9. The standard InChI is InChI=1S/C17H23N3O5/c1-3-18-16(21)12(2)25-17(22)13-8-10-19(11-9-13)14-6-4-5-7-15(14)20(23)24/h4-7,12-13H,3,8-11H2,1-2H3,(H,18,21)/t12-/m1/s1. The summed E-state index contributed by atoms with van der Waals surface area (Å²) < 4.78 is 5.23. The normalized spacial score (nSPS) is 16.2. The minimum atomic E-state index is -0.819. The third-order valence-corrected chi connectivity index (χ3v) is 4.26. The zero-order chi connectivity index (χ0) is 18.4. The maximum absolute atomic E-state index is 12.2. The number of rotatable bonds is 6. The second-order valence-electron chi connectivity index (χ2n) is 5.98. The molecular formula is C17H23N3O5. The first-order valence-electron chi connectivity index (χ1n) is 8.40. The Labute approximate surface area is 146 Å². The third kappa shape index (κ3) is 4.68. The lowest BCUT2D eigenvalue weighted by Gasteiger charge is -2.32. The fraction of sp³-hybridized carbons (Fsp3) is 0.529. The lowest BCUT2D eigenvalue weighted by atomic mass is 9.96. The molecule has 0 aromatic heterocycles. The maximum Gasteiger partial charge on any atom is 0.309 e. The smallest absolute Gasteiger partial charge is 0.309 e. The van der Waals surface area contributed by atoms with Crippen molar-refractivity contribution < 1.29 is 19.2 Å². The fourth-order valence-corrected chi connectivity index (χ4v) is 2.88. The lowest BCUT2D eigenvalue weighted by molar-refractivity contribution is -0.384. The van der Waals surface area contributed by atoms with E-state index in [1.54, 1.807) is 32.0 Å². The molecule has 136 valence electrons. The summed E-state index contributed by atoms with van der Waals surface area (Å²) in [5.74, 6) is -0.995. The number of nitro groups is 1. The van der Waals surface area contributed by atoms with E-state index in [1.807, 2.05) is 4.90 Å². The van der Waals surface area contributed by atoms with Gasteiger partial charge in [0, 0.05) is 25.7 Å². The monoisotopic (exact) mass is 349 g/mol. The van der Waals surface area contributed by atoms with Crippen molar-refractivity contribution in [3.05, 3.63) is 34.4 Å². The Bertz CT molecular complexity index is 641. The zero-order valence-corrected chi connectivity index (χ0v) is 14.4. The van der Waals surface area contributed by atoms with Gasteiger partial charge in [-0.2, -0.15) is 0 Å². The summed E-state index contributed by atoms with van der Waals surface area (Å²) in [5, 5.41) is 13.8. The molecule has 2 rings (SSSR count). The summed E-state index contributed by atoms with van der Waals surface area (Å²) in [6.45, 7) is 4.88. The minimum absolute atomic E-state index is 0.0633. The highest BCUT2D eigenvalue weighted by Crippen LogP contribution is 2.31. The number of piperidine rings is 1. The number of anilines is 1. The molecular weight excluding hydrogens is 326 g/mol. The van der Waals surface area contributed by atoms with Crippen LogP contribution in [0.5, 0.6) is 0 Å². The van der Waals surface area contributed by atoms with E-state index in [4.69, 9.17) is 4.74 Å². The molecule has 1 atom stereocenters. The minimum Gasteiger partial charge on any atom is -0.452 e. The van der Waals surface area contributed by atoms with Gasteiger partial charge in [0.15, 0.2) is 6.10 Å². The van der Waals surface area contributed by atoms with Crippen molar-refractivity contribution in [3.8, 4) is 0 Å². The number of benzene rings is 1. The number of hydrogen-bond acceptors (Lipinski definition) is 6. The molecule has 1 N–H and O–H groups in total. The van der Waals surface area contributed by atoms with Crippen molar-refractivity contribution in [2.24, 2.45) is 5.92 Å². The van der Waals surface area contributed by atoms with Gasteiger partial charge in [-0.15, -0.1) is 0 Å². The van der Waals surface area contributed by atoms with Gasteiger partial charge in [0.2, 0.25) is 0 Å². The van der Waals surface area contributed by atoms with Crippen LogP contribution in [0.1, 0.15) is 26.7 Å². The van der Waals surface area contributed by atoms with Crippen LogP contribution in [0, 0.1) is 16.0 Å². The van der Waals surface area contributed by atoms with Gasteiger partial charge in [-0.1, -0.05) is 12.1 Å². The molecule has 0 saturated carbocycles. The SMILES string of the molecule is CCNC(=O)[C@@H](C)OC(=O)C1CCN(c2ccccc2[N+](=O)[O-])CC1. The van der Waals surface area contributed by atoms with Crippen LogP contribution in [-0.2, 0) is 14.3 Å². The van der Waals surface area contributed by atoms with Crippen molar-refractivity contribution in [3.63, 3.8) is 0 Å². The number of likely N-dealkylation sites (N-methyl/N-ethyl adjacent to an activating group) is 1. The molecule has 0 aliphatic carbocycles. The van der Waals surface area contributed by atoms with Gasteiger partial charge in [-0.25, -0.2) is 0 Å². The predicted octanol–water partition coefficient (Wildman–Crippen LogP) is 1.88. The Morgan fingerprint density at radius 2 is 2.00 bits per heavy atom. The molecule has 0 unspecified atom stereocenters. The molecule has 25 heavy (non-hydrogen) atoms. The topological polar surface area (TPSA) is 102 Å². The predicted molar refractivity (Wildman–Crippen MR) is 92.3 cm³/mol. The highest BCUT2D eigenvalue weighted by Gasteiger charge is 2.30. The lowest BCUT2D eigenvalue weighted by Crippen LogP contribution is -2.40. The molecule has 0 radical (unpaired) electrons. The molecule has 8 nitrogen and oxygen atoms in total. The number of para-hydroxylation sites is 2. The van der Waals surface area contributed by atoms with E-state index in [0.717, 1.165) is 0 Å². The Hall–Kier alpha value is -2.64. The molecule has 1 heterocycles. The molecule has 0 bridgehead atoms. The first-order valence-corrected chi connectivity index (χ1v) is 8.40. The maximum atomic E-state index is 12.2. The van der Waals surface area contributed by atoms with Gasteiger partial charge in [0.05, 0.1) is 10.8 Å². The van der Waals surface area contributed by atoms with E-state index in [0.29, 0.717) is 38.2 Å². The Morgan fingerprint density at radius 3 is 2.60 bits per heavy atom. The Kier molecular flexibility index (Phi) is 6.32. The van der Waals surface area contributed by atoms with E-state index in [-0.39, 0.29) is 23.5 Å². The molecule has 1 aromatic rings. The van der Waals surface area contributed by atoms with Crippen LogP contribution in [0.2, 0.25) is 0 Å². The molecule has 1 amide bonds. The van der Waals surface area contributed by atoms with Crippen LogP contribution in [-0.4, -0.2) is 42.5 Å². The second kappa shape index (κ2) is 8.46. The van der Waals surface area contributed by atoms with Gasteiger partial charge in [0.1, 0.15) is 5.69 Å². The van der Waals surface area contributed by atoms with Gasteiger partial charge in [0.25, 0.3) is 11.6 Å². The van der Waals surface area contributed by atoms with Crippen molar-refractivity contribution in [1.29, 1.82) is 0 Å². The second-order valence-corrected chi connectivity index (χ2v) is 5.98. The number of amides is 1. The van der Waals surface area contributed by atoms with E-state index >= 15 is 0 Å². The van der Waals surface area contributed by atoms with Crippen LogP contribution in [0.15, 0.2) is 24.3 Å². The zero-order valence-electron chi connectivity index (χ0n) is 14.4. The van der Waals surface area contributed by atoms with Gasteiger partial charge >= 0.3 is 5.97 Å². The summed E-state index contributed by atoms with van der Waals surface area (Å²) in [5.41, 5.74) is 0.628. The van der Waals surface area contributed by atoms with Crippen LogP contribution >= 0.6 is 0 Å². The average Bonchev–Trinajstić information content (AvgIpc) is 2.62. The summed E-state index contributed by atoms with van der Waals surface area (Å²) in [6.07, 6.45) is 0.251. The van der Waals surface area contributed by atoms with Gasteiger partial charge in [-0.05, 0) is 32.8 Å². The largest absolute Gasteiger partial charge is 0.452 e. The van der Waals surface area contributed by atoms with Crippen molar-refractivity contribution in [2.45, 2.75) is 32.8 Å². The van der Waals surface area contributed by atoms with E-state index < -0.39 is 11.0 Å². The number of carbonyl (C=O) groups excluding carboxylic acids is 2. The summed E-state index contributed by atoms with van der Waals surface area (Å²) in [7, 11) is 0. The quantitative estimate of drug-likeness (QED) is 0.478. The van der Waals surface area contributed by atoms with Crippen molar-refractivity contribution in [1.82, 2.24) is 5.32 Å². The van der Waals surface area contributed by atoms with Crippen LogP contribution < -0.4 is 10.2 Å². The molecule has 0 spiro atoms. The number of carbonyl (C=O) groups is 2. The highest BCUT2D eigenvalue weighted by molar-refractivity contribution is 5.84. The molecule has 8 heteroatoms. The fourth-order valence-electron chi connectivity index (χ4n) is 2.88. The first kappa shape index (κ1) is 18.7. The summed E-state index contributed by atoms with van der Waals surface area (Å²) >= 11 is 0. The molecule has 1 aromatic carbocycles. The number of nitro benzene ring substituents is 1. The van der Waals surface area contributed by atoms with Crippen molar-refractivity contribution >= 4 is 23.3 Å². The Balaban J connectivity index is 1.92. The number of nitrogens with one attached hydrogen (secondary N) is 1. The van der Waals surface area contributed by atoms with Gasteiger partial charge in [-0.3, -0.25) is 19.7 Å². The van der Waals surface area contributed by atoms with Crippen LogP contribution in [0.4, 0.5) is 11.4 Å². The number of nitrogens with zero attached hydrogens (tertiary/aromatic N) is 2. The molecule has 1 fully saturated rings. The summed E-state index contributed by atoms with van der Waals surface area (Å²) in [6, 6.07) is 6.59. The van der Waals surface area contributed by atoms with Crippen LogP contribution in [0.25, 0.3) is 0 Å². The molecule has 1 saturated heterocycles. The molecule has 1 aliphatic rings. The number of esters is 1. The molecule has 1 aliphatic heterocycles. The van der Waals surface area contributed by atoms with Crippen LogP contribution in [0.3, 0.4) is 0 Å². The van der Waals surface area contributed by atoms with Gasteiger partial charge < -0.3 is 15.0 Å². The summed E-state index contributed by atoms with van der Waals surface area (Å²) in [4.78, 5) is 36.5. The highest BCUT2D eigenvalue weighted by atomic mass is 16.6. The average molecular weight is 349 g/mol.